The van der Waals surface area contributed by atoms with Gasteiger partial charge >= 0.3 is 0 Å². The molecule has 3 rings (SSSR count). The Bertz CT molecular complexity index is 699. The van der Waals surface area contributed by atoms with Gasteiger partial charge in [-0.25, -0.2) is 4.68 Å². The molecule has 1 N–H and O–H groups in total. The van der Waals surface area contributed by atoms with E-state index >= 15 is 0 Å². The number of para-hydroxylation sites is 1. The smallest absolute Gasteiger partial charge is 0.257 e. The summed E-state index contributed by atoms with van der Waals surface area (Å²) in [6.45, 7) is 11.1. The summed E-state index contributed by atoms with van der Waals surface area (Å²) in [5.41, 5.74) is 3.81. The maximum atomic E-state index is 12.8. The van der Waals surface area contributed by atoms with Crippen molar-refractivity contribution in [1.29, 1.82) is 0 Å². The minimum Gasteiger partial charge on any atom is -0.332 e. The molecule has 0 atom stereocenters. The lowest BCUT2D eigenvalue weighted by molar-refractivity contribution is -0.902. The number of piperazine rings is 1. The van der Waals surface area contributed by atoms with E-state index < -0.39 is 0 Å². The molecule has 0 saturated carbocycles. The first kappa shape index (κ1) is 15.7. The lowest BCUT2D eigenvalue weighted by Gasteiger charge is -2.31. The van der Waals surface area contributed by atoms with Gasteiger partial charge in [0.15, 0.2) is 0 Å². The van der Waals surface area contributed by atoms with E-state index in [1.807, 2.05) is 34.7 Å². The van der Waals surface area contributed by atoms with Gasteiger partial charge in [0.25, 0.3) is 5.91 Å². The van der Waals surface area contributed by atoms with Crippen molar-refractivity contribution in [2.75, 3.05) is 32.7 Å². The number of hydrogen-bond donors (Lipinski definition) is 1. The number of carbonyl (C=O) groups excluding carboxylic acids is 1. The van der Waals surface area contributed by atoms with Crippen molar-refractivity contribution in [2.24, 2.45) is 0 Å². The molecule has 1 aromatic heterocycles. The Morgan fingerprint density at radius 2 is 1.91 bits per heavy atom. The molecule has 0 aliphatic carbocycles. The summed E-state index contributed by atoms with van der Waals surface area (Å²) in [6, 6.07) is 8.11. The third-order valence-corrected chi connectivity index (χ3v) is 4.84. The second-order valence-corrected chi connectivity index (χ2v) is 6.24. The second kappa shape index (κ2) is 6.54. The molecule has 1 aliphatic heterocycles. The van der Waals surface area contributed by atoms with Crippen molar-refractivity contribution in [3.05, 3.63) is 47.3 Å². The number of aromatic nitrogens is 2. The molecular formula is C18H25N4O+. The molecule has 1 saturated heterocycles. The summed E-state index contributed by atoms with van der Waals surface area (Å²) < 4.78 is 1.87. The summed E-state index contributed by atoms with van der Waals surface area (Å²) in [6.07, 6.45) is 1.71. The van der Waals surface area contributed by atoms with Crippen LogP contribution >= 0.6 is 0 Å². The first-order valence-electron chi connectivity index (χ1n) is 8.35. The first-order valence-corrected chi connectivity index (χ1v) is 8.35. The third kappa shape index (κ3) is 3.01. The molecule has 0 bridgehead atoms. The zero-order valence-electron chi connectivity index (χ0n) is 14.2. The van der Waals surface area contributed by atoms with Crippen molar-refractivity contribution in [3.63, 3.8) is 0 Å². The number of carbonyl (C=O) groups is 1. The highest BCUT2D eigenvalue weighted by Gasteiger charge is 2.26. The fourth-order valence-corrected chi connectivity index (χ4v) is 3.21. The van der Waals surface area contributed by atoms with Crippen LogP contribution in [0, 0.1) is 13.8 Å². The van der Waals surface area contributed by atoms with Crippen LogP contribution in [0.25, 0.3) is 5.69 Å². The van der Waals surface area contributed by atoms with E-state index in [0.29, 0.717) is 5.56 Å². The van der Waals surface area contributed by atoms with Crippen LogP contribution in [-0.4, -0.2) is 53.3 Å². The average molecular weight is 313 g/mol. The monoisotopic (exact) mass is 313 g/mol. The fraction of sp³-hybridized carbons (Fsp3) is 0.444. The maximum Gasteiger partial charge on any atom is 0.257 e. The van der Waals surface area contributed by atoms with E-state index in [1.54, 1.807) is 11.1 Å². The van der Waals surface area contributed by atoms with Crippen molar-refractivity contribution in [1.82, 2.24) is 14.7 Å². The molecule has 2 heterocycles. The van der Waals surface area contributed by atoms with Crippen LogP contribution < -0.4 is 4.90 Å². The molecule has 1 aromatic carbocycles. The Balaban J connectivity index is 1.82. The molecule has 2 aromatic rings. The van der Waals surface area contributed by atoms with Crippen LogP contribution in [0.4, 0.5) is 0 Å². The van der Waals surface area contributed by atoms with Crippen molar-refractivity contribution < 1.29 is 9.69 Å². The topological polar surface area (TPSA) is 42.6 Å². The number of aryl methyl sites for hydroxylation is 1. The van der Waals surface area contributed by atoms with Gasteiger partial charge < -0.3 is 9.80 Å². The molecule has 0 radical (unpaired) electrons. The van der Waals surface area contributed by atoms with E-state index in [4.69, 9.17) is 0 Å². The number of hydrogen-bond acceptors (Lipinski definition) is 2. The lowest BCUT2D eigenvalue weighted by Crippen LogP contribution is -3.14. The minimum atomic E-state index is 0.109. The van der Waals surface area contributed by atoms with Crippen LogP contribution in [0.15, 0.2) is 30.5 Å². The summed E-state index contributed by atoms with van der Waals surface area (Å²) >= 11 is 0. The average Bonchev–Trinajstić information content (AvgIpc) is 2.96. The van der Waals surface area contributed by atoms with E-state index in [0.717, 1.165) is 49.7 Å². The molecule has 122 valence electrons. The van der Waals surface area contributed by atoms with Crippen LogP contribution in [-0.2, 0) is 0 Å². The molecule has 0 spiro atoms. The minimum absolute atomic E-state index is 0.109. The predicted molar refractivity (Wildman–Crippen MR) is 90.2 cm³/mol. The van der Waals surface area contributed by atoms with E-state index in [2.05, 4.69) is 25.0 Å². The Hall–Kier alpha value is -2.14. The van der Waals surface area contributed by atoms with E-state index in [1.165, 1.54) is 0 Å². The van der Waals surface area contributed by atoms with Crippen LogP contribution in [0.3, 0.4) is 0 Å². The Kier molecular flexibility index (Phi) is 4.48. The number of nitrogens with zero attached hydrogens (tertiary/aromatic N) is 3. The molecule has 23 heavy (non-hydrogen) atoms. The van der Waals surface area contributed by atoms with Gasteiger partial charge in [-0.1, -0.05) is 18.2 Å². The highest BCUT2D eigenvalue weighted by Crippen LogP contribution is 2.18. The number of likely N-dealkylation sites (N-methyl/N-ethyl adjacent to an activating group) is 1. The molecular weight excluding hydrogens is 288 g/mol. The summed E-state index contributed by atoms with van der Waals surface area (Å²) in [7, 11) is 0. The molecule has 1 aliphatic rings. The van der Waals surface area contributed by atoms with Crippen LogP contribution in [0.5, 0.6) is 0 Å². The number of rotatable bonds is 3. The van der Waals surface area contributed by atoms with Gasteiger partial charge in [0.2, 0.25) is 0 Å². The predicted octanol–water partition coefficient (Wildman–Crippen LogP) is 0.850. The maximum absolute atomic E-state index is 12.8. The van der Waals surface area contributed by atoms with E-state index in [-0.39, 0.29) is 5.91 Å². The van der Waals surface area contributed by atoms with Crippen LogP contribution in [0.2, 0.25) is 0 Å². The van der Waals surface area contributed by atoms with Gasteiger partial charge in [0.1, 0.15) is 0 Å². The van der Waals surface area contributed by atoms with Gasteiger partial charge in [-0.05, 0) is 32.4 Å². The van der Waals surface area contributed by atoms with E-state index in [9.17, 15) is 4.79 Å². The number of amides is 1. The standard InChI is InChI=1S/C18H24N4O/c1-4-20-9-11-21(12-10-20)18(23)16-13-19-22(15(16)3)17-8-6-5-7-14(17)2/h5-8,13H,4,9-12H2,1-3H3/p+1. The highest BCUT2D eigenvalue weighted by molar-refractivity contribution is 5.95. The molecule has 1 amide bonds. The highest BCUT2D eigenvalue weighted by atomic mass is 16.2. The van der Waals surface area contributed by atoms with Gasteiger partial charge in [-0.3, -0.25) is 4.79 Å². The fourth-order valence-electron chi connectivity index (χ4n) is 3.21. The third-order valence-electron chi connectivity index (χ3n) is 4.84. The first-order chi connectivity index (χ1) is 11.1. The van der Waals surface area contributed by atoms with Crippen LogP contribution in [0.1, 0.15) is 28.5 Å². The Labute approximate surface area is 137 Å². The Morgan fingerprint density at radius 1 is 1.22 bits per heavy atom. The van der Waals surface area contributed by atoms with Crippen molar-refractivity contribution >= 4 is 5.91 Å². The SMILES string of the molecule is CC[NH+]1CCN(C(=O)c2cnn(-c3ccccc3C)c2C)CC1. The summed E-state index contributed by atoms with van der Waals surface area (Å²) in [5.74, 6) is 0.109. The molecule has 0 unspecified atom stereocenters. The quantitative estimate of drug-likeness (QED) is 0.913. The lowest BCUT2D eigenvalue weighted by atomic mass is 10.1. The largest absolute Gasteiger partial charge is 0.332 e. The number of benzene rings is 1. The summed E-state index contributed by atoms with van der Waals surface area (Å²) in [5, 5.41) is 4.46. The molecule has 5 heteroatoms. The number of quaternary nitrogens is 1. The second-order valence-electron chi connectivity index (χ2n) is 6.24. The molecule has 1 fully saturated rings. The van der Waals surface area contributed by atoms with Gasteiger partial charge in [-0.15, -0.1) is 0 Å². The van der Waals surface area contributed by atoms with Crippen molar-refractivity contribution in [2.45, 2.75) is 20.8 Å². The van der Waals surface area contributed by atoms with Gasteiger partial charge in [-0.2, -0.15) is 5.10 Å². The number of nitrogens with one attached hydrogen (secondary N) is 1. The Morgan fingerprint density at radius 3 is 2.57 bits per heavy atom. The zero-order chi connectivity index (χ0) is 16.4. The normalized spacial score (nSPS) is 15.9. The van der Waals surface area contributed by atoms with Crippen molar-refractivity contribution in [3.8, 4) is 5.69 Å². The van der Waals surface area contributed by atoms with Gasteiger partial charge in [0.05, 0.1) is 55.9 Å². The van der Waals surface area contributed by atoms with Gasteiger partial charge in [0, 0.05) is 0 Å². The zero-order valence-corrected chi connectivity index (χ0v) is 14.2. The summed E-state index contributed by atoms with van der Waals surface area (Å²) in [4.78, 5) is 16.3. The molecule has 5 nitrogen and oxygen atoms in total.